The summed E-state index contributed by atoms with van der Waals surface area (Å²) in [4.78, 5) is 0. The van der Waals surface area contributed by atoms with Crippen LogP contribution >= 0.6 is 0 Å². The van der Waals surface area contributed by atoms with Crippen molar-refractivity contribution < 1.29 is 14.0 Å². The summed E-state index contributed by atoms with van der Waals surface area (Å²) in [7, 11) is 3.52. The molecule has 96 valence electrons. The smallest absolute Gasteiger partial charge is 0.166 e. The Morgan fingerprint density at radius 2 is 2.28 bits per heavy atom. The molecule has 0 fully saturated rings. The zero-order valence-electron chi connectivity index (χ0n) is 10.5. The van der Waals surface area contributed by atoms with Crippen molar-refractivity contribution in [1.29, 1.82) is 0 Å². The lowest BCUT2D eigenvalue weighted by Crippen LogP contribution is -2.08. The summed E-state index contributed by atoms with van der Waals surface area (Å²) >= 11 is 0. The summed E-state index contributed by atoms with van der Waals surface area (Å²) in [5, 5.41) is 6.74. The van der Waals surface area contributed by atoms with Gasteiger partial charge >= 0.3 is 0 Å². The Labute approximate surface area is 106 Å². The number of ether oxygens (including phenoxy) is 2. The number of hydrogen-bond acceptors (Lipinski definition) is 5. The van der Waals surface area contributed by atoms with Crippen LogP contribution in [0.2, 0.25) is 0 Å². The van der Waals surface area contributed by atoms with Crippen molar-refractivity contribution in [2.75, 3.05) is 14.2 Å². The maximum absolute atomic E-state index is 5.79. The van der Waals surface area contributed by atoms with E-state index in [2.05, 4.69) is 10.5 Å². The van der Waals surface area contributed by atoms with Crippen molar-refractivity contribution in [3.63, 3.8) is 0 Å². The average molecular weight is 248 g/mol. The van der Waals surface area contributed by atoms with E-state index in [9.17, 15) is 0 Å². The van der Waals surface area contributed by atoms with Gasteiger partial charge in [-0.1, -0.05) is 17.3 Å². The summed E-state index contributed by atoms with van der Waals surface area (Å²) in [5.74, 6) is 1.47. The molecule has 2 rings (SSSR count). The van der Waals surface area contributed by atoms with Crippen LogP contribution in [0.1, 0.15) is 11.1 Å². The fourth-order valence-corrected chi connectivity index (χ4v) is 1.67. The number of rotatable bonds is 6. The van der Waals surface area contributed by atoms with Crippen molar-refractivity contribution in [3.8, 4) is 11.5 Å². The van der Waals surface area contributed by atoms with Gasteiger partial charge in [-0.05, 0) is 13.1 Å². The van der Waals surface area contributed by atoms with Gasteiger partial charge in [-0.25, -0.2) is 0 Å². The molecule has 5 heteroatoms. The van der Waals surface area contributed by atoms with Gasteiger partial charge in [0.05, 0.1) is 13.3 Å². The van der Waals surface area contributed by atoms with Gasteiger partial charge < -0.3 is 19.3 Å². The predicted octanol–water partition coefficient (Wildman–Crippen LogP) is 1.98. The molecule has 0 atom stereocenters. The molecule has 0 bridgehead atoms. The van der Waals surface area contributed by atoms with Crippen LogP contribution in [0.15, 0.2) is 35.2 Å². The molecule has 5 nitrogen and oxygen atoms in total. The highest BCUT2D eigenvalue weighted by atomic mass is 16.5. The van der Waals surface area contributed by atoms with Gasteiger partial charge in [-0.2, -0.15) is 0 Å². The topological polar surface area (TPSA) is 56.5 Å². The number of nitrogens with one attached hydrogen (secondary N) is 1. The first kappa shape index (κ1) is 12.4. The molecule has 0 aliphatic carbocycles. The van der Waals surface area contributed by atoms with Crippen molar-refractivity contribution in [2.45, 2.75) is 13.2 Å². The number of benzene rings is 1. The van der Waals surface area contributed by atoms with E-state index in [4.69, 9.17) is 14.0 Å². The van der Waals surface area contributed by atoms with Crippen LogP contribution < -0.4 is 14.8 Å². The minimum Gasteiger partial charge on any atom is -0.493 e. The first-order valence-corrected chi connectivity index (χ1v) is 5.66. The summed E-state index contributed by atoms with van der Waals surface area (Å²) in [6.45, 7) is 1.12. The van der Waals surface area contributed by atoms with E-state index in [1.807, 2.05) is 25.2 Å². The van der Waals surface area contributed by atoms with Gasteiger partial charge in [0.15, 0.2) is 11.5 Å². The van der Waals surface area contributed by atoms with Crippen LogP contribution in [0.25, 0.3) is 0 Å². The van der Waals surface area contributed by atoms with E-state index in [0.29, 0.717) is 6.61 Å². The van der Waals surface area contributed by atoms with Crippen molar-refractivity contribution in [1.82, 2.24) is 10.5 Å². The van der Waals surface area contributed by atoms with E-state index < -0.39 is 0 Å². The molecule has 1 N–H and O–H groups in total. The van der Waals surface area contributed by atoms with Crippen LogP contribution in [0.3, 0.4) is 0 Å². The number of aromatic nitrogens is 1. The van der Waals surface area contributed by atoms with Crippen molar-refractivity contribution in [3.05, 3.63) is 41.8 Å². The van der Waals surface area contributed by atoms with Crippen LogP contribution in [-0.4, -0.2) is 19.3 Å². The second kappa shape index (κ2) is 6.07. The van der Waals surface area contributed by atoms with Gasteiger partial charge in [-0.15, -0.1) is 0 Å². The zero-order valence-corrected chi connectivity index (χ0v) is 10.5. The number of nitrogens with zero attached hydrogens (tertiary/aromatic N) is 1. The Kier molecular flexibility index (Phi) is 4.20. The summed E-state index contributed by atoms with van der Waals surface area (Å²) in [6, 6.07) is 5.82. The molecular weight excluding hydrogens is 232 g/mol. The summed E-state index contributed by atoms with van der Waals surface area (Å²) in [6.07, 6.45) is 3.19. The second-order valence-electron chi connectivity index (χ2n) is 3.80. The molecule has 0 aliphatic heterocycles. The second-order valence-corrected chi connectivity index (χ2v) is 3.80. The third-order valence-corrected chi connectivity index (χ3v) is 2.51. The summed E-state index contributed by atoms with van der Waals surface area (Å²) in [5.41, 5.74) is 1.93. The standard InChI is InChI=1S/C13H16N2O3/c1-14-7-11-4-3-5-12(16-2)13(11)17-8-10-6-15-18-9-10/h3-6,9,14H,7-8H2,1-2H3. The monoisotopic (exact) mass is 248 g/mol. The number of hydrogen-bond donors (Lipinski definition) is 1. The van der Waals surface area contributed by atoms with Gasteiger partial charge in [0.1, 0.15) is 12.9 Å². The Morgan fingerprint density at radius 1 is 1.39 bits per heavy atom. The molecule has 18 heavy (non-hydrogen) atoms. The number of para-hydroxylation sites is 1. The Bertz CT molecular complexity index is 483. The highest BCUT2D eigenvalue weighted by molar-refractivity contribution is 5.46. The average Bonchev–Trinajstić information content (AvgIpc) is 2.90. The van der Waals surface area contributed by atoms with Gasteiger partial charge in [0.25, 0.3) is 0 Å². The molecule has 0 spiro atoms. The largest absolute Gasteiger partial charge is 0.493 e. The van der Waals surface area contributed by atoms with Gasteiger partial charge in [-0.3, -0.25) is 0 Å². The third kappa shape index (κ3) is 2.81. The molecule has 0 saturated heterocycles. The predicted molar refractivity (Wildman–Crippen MR) is 66.6 cm³/mol. The Balaban J connectivity index is 2.18. The lowest BCUT2D eigenvalue weighted by molar-refractivity contribution is 0.279. The molecule has 0 amide bonds. The Morgan fingerprint density at radius 3 is 2.94 bits per heavy atom. The fourth-order valence-electron chi connectivity index (χ4n) is 1.67. The minimum absolute atomic E-state index is 0.403. The van der Waals surface area contributed by atoms with E-state index in [1.54, 1.807) is 19.6 Å². The lowest BCUT2D eigenvalue weighted by atomic mass is 10.2. The molecule has 2 aromatic rings. The highest BCUT2D eigenvalue weighted by Crippen LogP contribution is 2.31. The first-order valence-electron chi connectivity index (χ1n) is 5.66. The molecule has 1 aromatic heterocycles. The SMILES string of the molecule is CNCc1cccc(OC)c1OCc1cnoc1. The fraction of sp³-hybridized carbons (Fsp3) is 0.308. The highest BCUT2D eigenvalue weighted by Gasteiger charge is 2.10. The molecule has 0 aliphatic rings. The third-order valence-electron chi connectivity index (χ3n) is 2.51. The minimum atomic E-state index is 0.403. The van der Waals surface area contributed by atoms with Crippen LogP contribution in [0, 0.1) is 0 Å². The first-order chi connectivity index (χ1) is 8.85. The maximum atomic E-state index is 5.79. The normalized spacial score (nSPS) is 10.3. The quantitative estimate of drug-likeness (QED) is 0.847. The van der Waals surface area contributed by atoms with Crippen LogP contribution in [-0.2, 0) is 13.2 Å². The van der Waals surface area contributed by atoms with E-state index in [0.717, 1.165) is 29.2 Å². The summed E-state index contributed by atoms with van der Waals surface area (Å²) < 4.78 is 15.9. The van der Waals surface area contributed by atoms with Crippen molar-refractivity contribution >= 4 is 0 Å². The zero-order chi connectivity index (χ0) is 12.8. The molecule has 0 unspecified atom stereocenters. The van der Waals surface area contributed by atoms with Crippen molar-refractivity contribution in [2.24, 2.45) is 0 Å². The van der Waals surface area contributed by atoms with E-state index >= 15 is 0 Å². The molecule has 1 aromatic carbocycles. The Hall–Kier alpha value is -2.01. The van der Waals surface area contributed by atoms with Crippen LogP contribution in [0.5, 0.6) is 11.5 Å². The molecule has 0 radical (unpaired) electrons. The van der Waals surface area contributed by atoms with Gasteiger partial charge in [0.2, 0.25) is 0 Å². The van der Waals surface area contributed by atoms with E-state index in [1.165, 1.54) is 0 Å². The number of methoxy groups -OCH3 is 1. The molecular formula is C13H16N2O3. The maximum Gasteiger partial charge on any atom is 0.166 e. The van der Waals surface area contributed by atoms with Crippen LogP contribution in [0.4, 0.5) is 0 Å². The molecule has 0 saturated carbocycles. The lowest BCUT2D eigenvalue weighted by Gasteiger charge is -2.14. The van der Waals surface area contributed by atoms with E-state index in [-0.39, 0.29) is 0 Å². The molecule has 1 heterocycles. The van der Waals surface area contributed by atoms with Gasteiger partial charge in [0, 0.05) is 17.7 Å².